The minimum atomic E-state index is -3.57. The van der Waals surface area contributed by atoms with Crippen LogP contribution in [-0.4, -0.2) is 54.7 Å². The maximum absolute atomic E-state index is 13.2. The number of aromatic nitrogens is 1. The van der Waals surface area contributed by atoms with Gasteiger partial charge in [0.1, 0.15) is 0 Å². The van der Waals surface area contributed by atoms with Crippen molar-refractivity contribution in [1.29, 1.82) is 0 Å². The molecule has 32 heavy (non-hydrogen) atoms. The molecule has 0 saturated heterocycles. The highest BCUT2D eigenvalue weighted by molar-refractivity contribution is 7.89. The molecule has 2 aliphatic rings. The number of nitrogens with one attached hydrogen (secondary N) is 1. The molecule has 1 aliphatic carbocycles. The highest BCUT2D eigenvalue weighted by atomic mass is 35.5. The van der Waals surface area contributed by atoms with E-state index in [0.29, 0.717) is 17.2 Å². The van der Waals surface area contributed by atoms with Crippen LogP contribution in [0.1, 0.15) is 60.0 Å². The number of likely N-dealkylation sites (N-methyl/N-ethyl adjacent to an activating group) is 1. The molecular formula is C22H31ClN4O3S2. The average molecular weight is 499 g/mol. The second-order valence-electron chi connectivity index (χ2n) is 8.36. The van der Waals surface area contributed by atoms with Gasteiger partial charge in [0.2, 0.25) is 10.0 Å². The molecule has 0 spiro atoms. The Balaban J connectivity index is 0.00000289. The van der Waals surface area contributed by atoms with Crippen molar-refractivity contribution in [2.45, 2.75) is 62.9 Å². The van der Waals surface area contributed by atoms with Gasteiger partial charge in [0, 0.05) is 42.5 Å². The fraction of sp³-hybridized carbons (Fsp3) is 0.545. The molecular weight excluding hydrogens is 468 g/mol. The van der Waals surface area contributed by atoms with Gasteiger partial charge in [-0.1, -0.05) is 26.2 Å². The first-order valence-corrected chi connectivity index (χ1v) is 13.2. The molecule has 1 fully saturated rings. The van der Waals surface area contributed by atoms with Crippen LogP contribution in [0.15, 0.2) is 29.2 Å². The predicted molar refractivity (Wildman–Crippen MR) is 130 cm³/mol. The molecule has 0 atom stereocenters. The van der Waals surface area contributed by atoms with Gasteiger partial charge in [-0.15, -0.1) is 23.7 Å². The van der Waals surface area contributed by atoms with Gasteiger partial charge in [0.15, 0.2) is 5.13 Å². The summed E-state index contributed by atoms with van der Waals surface area (Å²) < 4.78 is 28.0. The van der Waals surface area contributed by atoms with Crippen molar-refractivity contribution < 1.29 is 13.2 Å². The van der Waals surface area contributed by atoms with E-state index in [9.17, 15) is 13.2 Å². The molecule has 1 N–H and O–H groups in total. The van der Waals surface area contributed by atoms with Gasteiger partial charge in [-0.25, -0.2) is 13.4 Å². The van der Waals surface area contributed by atoms with Gasteiger partial charge >= 0.3 is 0 Å². The van der Waals surface area contributed by atoms with Gasteiger partial charge in [-0.2, -0.15) is 4.31 Å². The first kappa shape index (κ1) is 25.1. The summed E-state index contributed by atoms with van der Waals surface area (Å²) in [6, 6.07) is 6.31. The van der Waals surface area contributed by atoms with Crippen molar-refractivity contribution in [2.24, 2.45) is 0 Å². The third-order valence-corrected chi connectivity index (χ3v) is 9.20. The smallest absolute Gasteiger partial charge is 0.257 e. The number of nitrogens with zero attached hydrogens (tertiary/aromatic N) is 3. The van der Waals surface area contributed by atoms with E-state index in [1.165, 1.54) is 34.8 Å². The number of hydrogen-bond acceptors (Lipinski definition) is 6. The van der Waals surface area contributed by atoms with Gasteiger partial charge in [-0.3, -0.25) is 10.1 Å². The minimum absolute atomic E-state index is 0. The lowest BCUT2D eigenvalue weighted by atomic mass is 9.95. The van der Waals surface area contributed by atoms with E-state index >= 15 is 0 Å². The molecule has 7 nitrogen and oxygen atoms in total. The molecule has 0 bridgehead atoms. The number of benzene rings is 1. The van der Waals surface area contributed by atoms with E-state index in [2.05, 4.69) is 22.2 Å². The van der Waals surface area contributed by atoms with Crippen LogP contribution in [0.25, 0.3) is 0 Å². The maximum Gasteiger partial charge on any atom is 0.257 e. The molecule has 4 rings (SSSR count). The summed E-state index contributed by atoms with van der Waals surface area (Å²) >= 11 is 1.50. The van der Waals surface area contributed by atoms with Crippen molar-refractivity contribution in [1.82, 2.24) is 14.2 Å². The Hall–Kier alpha value is -1.52. The maximum atomic E-state index is 13.2. The number of fused-ring (bicyclic) bond motifs is 1. The number of carbonyl (C=O) groups excluding carboxylic acids is 1. The lowest BCUT2D eigenvalue weighted by Gasteiger charge is -2.32. The fourth-order valence-electron chi connectivity index (χ4n) is 4.45. The van der Waals surface area contributed by atoms with Crippen LogP contribution in [0.3, 0.4) is 0 Å². The highest BCUT2D eigenvalue weighted by Gasteiger charge is 2.31. The highest BCUT2D eigenvalue weighted by Crippen LogP contribution is 2.29. The summed E-state index contributed by atoms with van der Waals surface area (Å²) in [4.78, 5) is 20.9. The second-order valence-corrected chi connectivity index (χ2v) is 11.3. The Labute approximate surface area is 200 Å². The Morgan fingerprint density at radius 1 is 1.22 bits per heavy atom. The summed E-state index contributed by atoms with van der Waals surface area (Å²) in [5.74, 6) is -0.275. The standard InChI is InChI=1S/C22H30N4O3S2.ClH/c1-3-26(17-7-5-4-6-8-17)31(28,29)18-11-9-16(10-12-18)21(27)24-22-23-19-13-14-25(2)15-20(19)30-22;/h9-12,17H,3-8,13-15H2,1-2H3,(H,23,24,27);1H. The van der Waals surface area contributed by atoms with E-state index < -0.39 is 10.0 Å². The number of anilines is 1. The molecule has 0 unspecified atom stereocenters. The molecule has 0 radical (unpaired) electrons. The van der Waals surface area contributed by atoms with Crippen LogP contribution >= 0.6 is 23.7 Å². The second kappa shape index (κ2) is 10.6. The average Bonchev–Trinajstić information content (AvgIpc) is 3.16. The lowest BCUT2D eigenvalue weighted by molar-refractivity contribution is 0.102. The van der Waals surface area contributed by atoms with E-state index in [4.69, 9.17) is 0 Å². The molecule has 2 heterocycles. The minimum Gasteiger partial charge on any atom is -0.301 e. The van der Waals surface area contributed by atoms with E-state index in [1.54, 1.807) is 16.4 Å². The first-order valence-electron chi connectivity index (χ1n) is 11.0. The summed E-state index contributed by atoms with van der Waals surface area (Å²) in [6.07, 6.45) is 6.05. The number of sulfonamides is 1. The van der Waals surface area contributed by atoms with E-state index in [0.717, 1.165) is 50.9 Å². The van der Waals surface area contributed by atoms with Gasteiger partial charge in [0.25, 0.3) is 5.91 Å². The van der Waals surface area contributed by atoms with Crippen molar-refractivity contribution in [3.05, 3.63) is 40.4 Å². The number of amides is 1. The zero-order valence-electron chi connectivity index (χ0n) is 18.5. The molecule has 2 aromatic rings. The summed E-state index contributed by atoms with van der Waals surface area (Å²) in [5.41, 5.74) is 1.48. The lowest BCUT2D eigenvalue weighted by Crippen LogP contribution is -2.41. The van der Waals surface area contributed by atoms with Crippen molar-refractivity contribution >= 4 is 44.8 Å². The van der Waals surface area contributed by atoms with Crippen LogP contribution in [-0.2, 0) is 23.0 Å². The monoisotopic (exact) mass is 498 g/mol. The van der Waals surface area contributed by atoms with Crippen molar-refractivity contribution in [3.63, 3.8) is 0 Å². The molecule has 1 saturated carbocycles. The predicted octanol–water partition coefficient (Wildman–Crippen LogP) is 4.15. The molecule has 1 aliphatic heterocycles. The number of carbonyl (C=O) groups is 1. The van der Waals surface area contributed by atoms with Crippen molar-refractivity contribution in [2.75, 3.05) is 25.5 Å². The summed E-state index contributed by atoms with van der Waals surface area (Å²) in [5, 5.41) is 3.46. The SMILES string of the molecule is CCN(C1CCCCC1)S(=O)(=O)c1ccc(C(=O)Nc2nc3c(s2)CN(C)CC3)cc1.Cl. The van der Waals surface area contributed by atoms with E-state index in [-0.39, 0.29) is 29.3 Å². The molecule has 10 heteroatoms. The third kappa shape index (κ3) is 5.34. The Kier molecular flexibility index (Phi) is 8.32. The number of halogens is 1. The fourth-order valence-corrected chi connectivity index (χ4v) is 7.23. The van der Waals surface area contributed by atoms with Gasteiger partial charge in [0.05, 0.1) is 10.6 Å². The van der Waals surface area contributed by atoms with Crippen LogP contribution in [0, 0.1) is 0 Å². The zero-order chi connectivity index (χ0) is 22.0. The van der Waals surface area contributed by atoms with Gasteiger partial charge < -0.3 is 4.90 Å². The zero-order valence-corrected chi connectivity index (χ0v) is 21.0. The van der Waals surface area contributed by atoms with E-state index in [1.807, 2.05) is 6.92 Å². The topological polar surface area (TPSA) is 82.6 Å². The Bertz CT molecular complexity index is 1030. The number of rotatable bonds is 6. The largest absolute Gasteiger partial charge is 0.301 e. The Morgan fingerprint density at radius 2 is 1.91 bits per heavy atom. The van der Waals surface area contributed by atoms with Crippen molar-refractivity contribution in [3.8, 4) is 0 Å². The van der Waals surface area contributed by atoms with Gasteiger partial charge in [-0.05, 0) is 44.2 Å². The quantitative estimate of drug-likeness (QED) is 0.647. The molecule has 176 valence electrons. The number of thiazole rings is 1. The number of hydrogen-bond donors (Lipinski definition) is 1. The van der Waals surface area contributed by atoms with Crippen LogP contribution in [0.5, 0.6) is 0 Å². The molecule has 1 aromatic carbocycles. The molecule has 1 amide bonds. The van der Waals surface area contributed by atoms with Crippen LogP contribution in [0.2, 0.25) is 0 Å². The van der Waals surface area contributed by atoms with Crippen LogP contribution < -0.4 is 5.32 Å². The summed E-state index contributed by atoms with van der Waals surface area (Å²) in [7, 11) is -1.50. The molecule has 1 aromatic heterocycles. The summed E-state index contributed by atoms with van der Waals surface area (Å²) in [6.45, 7) is 4.17. The third-order valence-electron chi connectivity index (χ3n) is 6.16. The normalized spacial score (nSPS) is 17.6. The van der Waals surface area contributed by atoms with Crippen LogP contribution in [0.4, 0.5) is 5.13 Å². The first-order chi connectivity index (χ1) is 14.9. The Morgan fingerprint density at radius 3 is 2.56 bits per heavy atom.